The summed E-state index contributed by atoms with van der Waals surface area (Å²) in [5.74, 6) is -1.08. The normalized spacial score (nSPS) is 17.1. The molecule has 0 aromatic carbocycles. The molecule has 0 aliphatic heterocycles. The second-order valence-corrected chi connectivity index (χ2v) is 7.25. The average Bonchev–Trinajstić information content (AvgIpc) is 2.60. The smallest absolute Gasteiger partial charge is 0.342 e. The number of hydrogen-bond donors (Lipinski definition) is 0. The van der Waals surface area contributed by atoms with Crippen molar-refractivity contribution in [1.29, 1.82) is 5.26 Å². The molecule has 7 heteroatoms. The Hall–Kier alpha value is -2.13. The molecule has 1 saturated carbocycles. The summed E-state index contributed by atoms with van der Waals surface area (Å²) in [6.07, 6.45) is 3.13. The van der Waals surface area contributed by atoms with Crippen LogP contribution in [0.2, 0.25) is 5.15 Å². The first-order valence-corrected chi connectivity index (χ1v) is 9.13. The number of esters is 1. The summed E-state index contributed by atoms with van der Waals surface area (Å²) in [4.78, 5) is 30.7. The molecule has 0 saturated heterocycles. The van der Waals surface area contributed by atoms with E-state index in [0.717, 1.165) is 19.3 Å². The first kappa shape index (κ1) is 20.2. The van der Waals surface area contributed by atoms with Crippen LogP contribution in [-0.2, 0) is 9.53 Å². The van der Waals surface area contributed by atoms with Crippen molar-refractivity contribution >= 4 is 23.5 Å². The maximum atomic E-state index is 12.7. The van der Waals surface area contributed by atoms with E-state index in [1.54, 1.807) is 27.0 Å². The topological polar surface area (TPSA) is 83.3 Å². The van der Waals surface area contributed by atoms with E-state index in [9.17, 15) is 14.9 Å². The van der Waals surface area contributed by atoms with Gasteiger partial charge >= 0.3 is 5.97 Å². The number of carbonyl (C=O) groups is 2. The van der Waals surface area contributed by atoms with Gasteiger partial charge in [0.05, 0.1) is 11.6 Å². The van der Waals surface area contributed by atoms with E-state index in [4.69, 9.17) is 16.3 Å². The lowest BCUT2D eigenvalue weighted by atomic mass is 9.81. The highest BCUT2D eigenvalue weighted by atomic mass is 35.5. The third-order valence-corrected chi connectivity index (χ3v) is 5.27. The molecule has 140 valence electrons. The van der Waals surface area contributed by atoms with Gasteiger partial charge in [-0.2, -0.15) is 5.26 Å². The predicted molar refractivity (Wildman–Crippen MR) is 97.8 cm³/mol. The van der Waals surface area contributed by atoms with Crippen molar-refractivity contribution in [3.63, 3.8) is 0 Å². The number of ether oxygens (including phenoxy) is 1. The summed E-state index contributed by atoms with van der Waals surface area (Å²) < 4.78 is 5.34. The minimum atomic E-state index is -1.02. The van der Waals surface area contributed by atoms with E-state index in [-0.39, 0.29) is 10.7 Å². The van der Waals surface area contributed by atoms with Crippen LogP contribution in [0.4, 0.5) is 0 Å². The Morgan fingerprint density at radius 1 is 1.35 bits per heavy atom. The molecule has 1 aromatic heterocycles. The van der Waals surface area contributed by atoms with Crippen LogP contribution in [0.15, 0.2) is 6.07 Å². The first-order valence-electron chi connectivity index (χ1n) is 8.75. The van der Waals surface area contributed by atoms with Gasteiger partial charge in [0.15, 0.2) is 6.10 Å². The molecule has 1 amide bonds. The highest BCUT2D eigenvalue weighted by molar-refractivity contribution is 6.32. The largest absolute Gasteiger partial charge is 0.449 e. The number of amides is 1. The molecule has 1 atom stereocenters. The van der Waals surface area contributed by atoms with Gasteiger partial charge < -0.3 is 9.64 Å². The molecule has 1 aliphatic rings. The van der Waals surface area contributed by atoms with Crippen LogP contribution in [0.25, 0.3) is 0 Å². The van der Waals surface area contributed by atoms with Crippen LogP contribution >= 0.6 is 11.6 Å². The van der Waals surface area contributed by atoms with Crippen LogP contribution < -0.4 is 0 Å². The lowest BCUT2D eigenvalue weighted by Crippen LogP contribution is -2.53. The van der Waals surface area contributed by atoms with Gasteiger partial charge in [0.25, 0.3) is 5.91 Å². The minimum absolute atomic E-state index is 0.0567. The quantitative estimate of drug-likeness (QED) is 0.591. The number of nitrogens with zero attached hydrogens (tertiary/aromatic N) is 3. The average molecular weight is 378 g/mol. The van der Waals surface area contributed by atoms with Crippen molar-refractivity contribution < 1.29 is 14.3 Å². The van der Waals surface area contributed by atoms with Gasteiger partial charge in [-0.05, 0) is 45.2 Å². The van der Waals surface area contributed by atoms with E-state index in [1.807, 2.05) is 0 Å². The summed E-state index contributed by atoms with van der Waals surface area (Å²) in [5, 5.41) is 9.68. The lowest BCUT2D eigenvalue weighted by Gasteiger charge is -2.39. The van der Waals surface area contributed by atoms with Crippen molar-refractivity contribution in [2.75, 3.05) is 7.05 Å². The number of likely N-dealkylation sites (N-methyl/N-ethyl adjacent to an activating group) is 1. The zero-order valence-electron chi connectivity index (χ0n) is 15.6. The number of aromatic nitrogens is 1. The molecule has 1 aromatic rings. The van der Waals surface area contributed by atoms with E-state index in [0.29, 0.717) is 24.1 Å². The number of hydrogen-bond acceptors (Lipinski definition) is 5. The fourth-order valence-corrected chi connectivity index (χ4v) is 3.81. The molecule has 0 N–H and O–H groups in total. The minimum Gasteiger partial charge on any atom is -0.449 e. The standard InChI is InChI=1S/C19H24ClN3O3/c1-12-10-13(2)22-16(20)15(12)18(25)26-14(3)17(24)23(4)19(11-21)8-6-5-7-9-19/h10,14H,5-9H2,1-4H3/t14-/m0/s1. The number of nitriles is 1. The number of rotatable bonds is 4. The van der Waals surface area contributed by atoms with Gasteiger partial charge in [0.1, 0.15) is 10.7 Å². The maximum absolute atomic E-state index is 12.7. The maximum Gasteiger partial charge on any atom is 0.342 e. The lowest BCUT2D eigenvalue weighted by molar-refractivity contribution is -0.143. The Kier molecular flexibility index (Phi) is 6.25. The molecule has 0 spiro atoms. The van der Waals surface area contributed by atoms with Crippen molar-refractivity contribution in [2.24, 2.45) is 0 Å². The summed E-state index contributed by atoms with van der Waals surface area (Å²) in [7, 11) is 1.60. The van der Waals surface area contributed by atoms with Gasteiger partial charge in [0, 0.05) is 12.7 Å². The van der Waals surface area contributed by atoms with Gasteiger partial charge in [-0.1, -0.05) is 30.9 Å². The highest BCUT2D eigenvalue weighted by Gasteiger charge is 2.41. The monoisotopic (exact) mass is 377 g/mol. The number of carbonyl (C=O) groups excluding carboxylic acids is 2. The second kappa shape index (κ2) is 8.05. The van der Waals surface area contributed by atoms with Gasteiger partial charge in [-0.3, -0.25) is 4.79 Å². The molecular formula is C19H24ClN3O3. The van der Waals surface area contributed by atoms with E-state index >= 15 is 0 Å². The Balaban J connectivity index is 2.14. The van der Waals surface area contributed by atoms with Crippen LogP contribution in [0, 0.1) is 25.2 Å². The molecule has 1 fully saturated rings. The predicted octanol–water partition coefficient (Wildman–Crippen LogP) is 3.58. The van der Waals surface area contributed by atoms with Crippen LogP contribution in [0.3, 0.4) is 0 Å². The van der Waals surface area contributed by atoms with Crippen LogP contribution in [0.5, 0.6) is 0 Å². The SMILES string of the molecule is Cc1cc(C)c(C(=O)O[C@@H](C)C(=O)N(C)C2(C#N)CCCCC2)c(Cl)n1. The highest BCUT2D eigenvalue weighted by Crippen LogP contribution is 2.33. The molecule has 2 rings (SSSR count). The van der Waals surface area contributed by atoms with Crippen LogP contribution in [-0.4, -0.2) is 40.5 Å². The fraction of sp³-hybridized carbons (Fsp3) is 0.579. The Bertz CT molecular complexity index is 728. The van der Waals surface area contributed by atoms with Crippen molar-refractivity contribution in [3.8, 4) is 6.07 Å². The Labute approximate surface area is 159 Å². The van der Waals surface area contributed by atoms with E-state index in [2.05, 4.69) is 11.1 Å². The number of aryl methyl sites for hydroxylation is 2. The third-order valence-electron chi connectivity index (χ3n) is 5.00. The first-order chi connectivity index (χ1) is 12.2. The van der Waals surface area contributed by atoms with Crippen molar-refractivity contribution in [1.82, 2.24) is 9.88 Å². The van der Waals surface area contributed by atoms with E-state index < -0.39 is 23.5 Å². The summed E-state index contributed by atoms with van der Waals surface area (Å²) in [6, 6.07) is 4.03. The van der Waals surface area contributed by atoms with Crippen LogP contribution in [0.1, 0.15) is 60.6 Å². The van der Waals surface area contributed by atoms with Gasteiger partial charge in [-0.15, -0.1) is 0 Å². The van der Waals surface area contributed by atoms with E-state index in [1.165, 1.54) is 11.8 Å². The van der Waals surface area contributed by atoms with Gasteiger partial charge in [0.2, 0.25) is 0 Å². The van der Waals surface area contributed by atoms with Crippen molar-refractivity contribution in [3.05, 3.63) is 28.0 Å². The summed E-state index contributed by atoms with van der Waals surface area (Å²) in [5.41, 5.74) is 0.671. The number of pyridine rings is 1. The molecule has 26 heavy (non-hydrogen) atoms. The third kappa shape index (κ3) is 3.99. The summed E-state index contributed by atoms with van der Waals surface area (Å²) >= 11 is 6.07. The molecular weight excluding hydrogens is 354 g/mol. The molecule has 6 nitrogen and oxygen atoms in total. The molecule has 0 unspecified atom stereocenters. The molecule has 1 aliphatic carbocycles. The molecule has 1 heterocycles. The zero-order chi connectivity index (χ0) is 19.5. The number of halogens is 1. The summed E-state index contributed by atoms with van der Waals surface area (Å²) in [6.45, 7) is 5.03. The Morgan fingerprint density at radius 2 is 1.96 bits per heavy atom. The van der Waals surface area contributed by atoms with Gasteiger partial charge in [-0.25, -0.2) is 9.78 Å². The molecule has 0 radical (unpaired) electrons. The Morgan fingerprint density at radius 3 is 2.50 bits per heavy atom. The zero-order valence-corrected chi connectivity index (χ0v) is 16.4. The fourth-order valence-electron chi connectivity index (χ4n) is 3.45. The molecule has 0 bridgehead atoms. The second-order valence-electron chi connectivity index (χ2n) is 6.90. The van der Waals surface area contributed by atoms with Crippen molar-refractivity contribution in [2.45, 2.75) is 64.5 Å².